The molecule has 0 bridgehead atoms. The van der Waals surface area contributed by atoms with E-state index in [0.717, 1.165) is 12.8 Å². The SMILES string of the molecule is CC1CCC(c2c[nH]c3ccccc23)C(C=O)C1. The van der Waals surface area contributed by atoms with Gasteiger partial charge in [0, 0.05) is 23.0 Å². The van der Waals surface area contributed by atoms with E-state index in [2.05, 4.69) is 36.3 Å². The molecule has 2 nitrogen and oxygen atoms in total. The summed E-state index contributed by atoms with van der Waals surface area (Å²) in [6.07, 6.45) is 6.67. The Morgan fingerprint density at radius 3 is 2.94 bits per heavy atom. The van der Waals surface area contributed by atoms with E-state index in [-0.39, 0.29) is 5.92 Å². The minimum Gasteiger partial charge on any atom is -0.361 e. The summed E-state index contributed by atoms with van der Waals surface area (Å²) in [6.45, 7) is 2.25. The minimum absolute atomic E-state index is 0.188. The number of hydrogen-bond donors (Lipinski definition) is 1. The first-order chi connectivity index (χ1) is 8.79. The van der Waals surface area contributed by atoms with Crippen molar-refractivity contribution in [3.63, 3.8) is 0 Å². The fourth-order valence-corrected chi connectivity index (χ4v) is 3.36. The molecule has 3 unspecified atom stereocenters. The van der Waals surface area contributed by atoms with Gasteiger partial charge in [0.05, 0.1) is 0 Å². The van der Waals surface area contributed by atoms with Crippen LogP contribution in [0.3, 0.4) is 0 Å². The average Bonchev–Trinajstić information content (AvgIpc) is 2.82. The second-order valence-corrected chi connectivity index (χ2v) is 5.61. The highest BCUT2D eigenvalue weighted by Crippen LogP contribution is 2.41. The number of aromatic amines is 1. The van der Waals surface area contributed by atoms with E-state index in [9.17, 15) is 4.79 Å². The van der Waals surface area contributed by atoms with Crippen molar-refractivity contribution in [2.24, 2.45) is 11.8 Å². The number of carbonyl (C=O) groups is 1. The highest BCUT2D eigenvalue weighted by atomic mass is 16.1. The molecule has 1 fully saturated rings. The highest BCUT2D eigenvalue weighted by Gasteiger charge is 2.30. The number of fused-ring (bicyclic) bond motifs is 1. The van der Waals surface area contributed by atoms with Crippen LogP contribution in [0.15, 0.2) is 30.5 Å². The van der Waals surface area contributed by atoms with Gasteiger partial charge in [-0.15, -0.1) is 0 Å². The lowest BCUT2D eigenvalue weighted by Crippen LogP contribution is -2.23. The molecule has 0 radical (unpaired) electrons. The van der Waals surface area contributed by atoms with Crippen LogP contribution in [0.5, 0.6) is 0 Å². The molecule has 3 rings (SSSR count). The van der Waals surface area contributed by atoms with Crippen molar-refractivity contribution in [3.05, 3.63) is 36.0 Å². The molecule has 2 heteroatoms. The van der Waals surface area contributed by atoms with Gasteiger partial charge in [0.1, 0.15) is 6.29 Å². The highest BCUT2D eigenvalue weighted by molar-refractivity contribution is 5.84. The monoisotopic (exact) mass is 241 g/mol. The van der Waals surface area contributed by atoms with Crippen molar-refractivity contribution in [1.29, 1.82) is 0 Å². The smallest absolute Gasteiger partial charge is 0.123 e. The summed E-state index contributed by atoms with van der Waals surface area (Å²) in [5, 5.41) is 1.28. The van der Waals surface area contributed by atoms with Gasteiger partial charge in [0.25, 0.3) is 0 Å². The van der Waals surface area contributed by atoms with Crippen LogP contribution in [0.2, 0.25) is 0 Å². The van der Waals surface area contributed by atoms with Gasteiger partial charge >= 0.3 is 0 Å². The number of benzene rings is 1. The summed E-state index contributed by atoms with van der Waals surface area (Å²) in [6, 6.07) is 8.37. The van der Waals surface area contributed by atoms with Crippen molar-refractivity contribution in [2.75, 3.05) is 0 Å². The molecule has 3 atom stereocenters. The zero-order valence-corrected chi connectivity index (χ0v) is 10.7. The van der Waals surface area contributed by atoms with Crippen LogP contribution >= 0.6 is 0 Å². The summed E-state index contributed by atoms with van der Waals surface area (Å²) in [4.78, 5) is 14.7. The molecular weight excluding hydrogens is 222 g/mol. The number of aromatic nitrogens is 1. The van der Waals surface area contributed by atoms with Gasteiger partial charge in [-0.25, -0.2) is 0 Å². The molecule has 0 aliphatic heterocycles. The molecule has 1 aliphatic carbocycles. The predicted molar refractivity (Wildman–Crippen MR) is 73.6 cm³/mol. The van der Waals surface area contributed by atoms with E-state index in [4.69, 9.17) is 0 Å². The summed E-state index contributed by atoms with van der Waals surface area (Å²) in [7, 11) is 0. The zero-order valence-electron chi connectivity index (χ0n) is 10.7. The molecule has 0 amide bonds. The van der Waals surface area contributed by atoms with E-state index >= 15 is 0 Å². The maximum atomic E-state index is 11.3. The van der Waals surface area contributed by atoms with Crippen LogP contribution in [0.1, 0.15) is 37.7 Å². The van der Waals surface area contributed by atoms with Gasteiger partial charge in [-0.2, -0.15) is 0 Å². The number of hydrogen-bond acceptors (Lipinski definition) is 1. The Labute approximate surface area is 107 Å². The van der Waals surface area contributed by atoms with Gasteiger partial charge in [-0.05, 0) is 36.3 Å². The molecule has 2 aromatic rings. The van der Waals surface area contributed by atoms with Gasteiger partial charge in [0.15, 0.2) is 0 Å². The largest absolute Gasteiger partial charge is 0.361 e. The zero-order chi connectivity index (χ0) is 12.5. The molecule has 0 spiro atoms. The molecule has 1 aromatic heterocycles. The van der Waals surface area contributed by atoms with Crippen LogP contribution in [0.25, 0.3) is 10.9 Å². The van der Waals surface area contributed by atoms with Crippen molar-refractivity contribution >= 4 is 17.2 Å². The summed E-state index contributed by atoms with van der Waals surface area (Å²) >= 11 is 0. The molecule has 1 heterocycles. The quantitative estimate of drug-likeness (QED) is 0.795. The van der Waals surface area contributed by atoms with Crippen LogP contribution in [0.4, 0.5) is 0 Å². The van der Waals surface area contributed by atoms with E-state index in [1.54, 1.807) is 0 Å². The Kier molecular flexibility index (Phi) is 2.94. The summed E-state index contributed by atoms with van der Waals surface area (Å²) in [5.74, 6) is 1.27. The lowest BCUT2D eigenvalue weighted by Gasteiger charge is -2.31. The van der Waals surface area contributed by atoms with Crippen LogP contribution < -0.4 is 0 Å². The van der Waals surface area contributed by atoms with Crippen molar-refractivity contribution in [3.8, 4) is 0 Å². The van der Waals surface area contributed by atoms with Gasteiger partial charge in [0.2, 0.25) is 0 Å². The minimum atomic E-state index is 0.188. The second kappa shape index (κ2) is 4.60. The predicted octanol–water partition coefficient (Wildman–Crippen LogP) is 3.89. The van der Waals surface area contributed by atoms with E-state index in [0.29, 0.717) is 11.8 Å². The molecule has 1 N–H and O–H groups in total. The first kappa shape index (κ1) is 11.5. The van der Waals surface area contributed by atoms with Crippen LogP contribution in [-0.4, -0.2) is 11.3 Å². The lowest BCUT2D eigenvalue weighted by atomic mass is 9.72. The van der Waals surface area contributed by atoms with E-state index < -0.39 is 0 Å². The molecule has 94 valence electrons. The number of rotatable bonds is 2. The summed E-state index contributed by atoms with van der Waals surface area (Å²) < 4.78 is 0. The molecule has 1 saturated carbocycles. The lowest BCUT2D eigenvalue weighted by molar-refractivity contribution is -0.112. The third-order valence-electron chi connectivity index (χ3n) is 4.36. The van der Waals surface area contributed by atoms with Crippen LogP contribution in [0, 0.1) is 11.8 Å². The average molecular weight is 241 g/mol. The first-order valence-corrected chi connectivity index (χ1v) is 6.81. The normalized spacial score (nSPS) is 28.4. The van der Waals surface area contributed by atoms with E-state index in [1.807, 2.05) is 6.07 Å². The molecule has 1 aliphatic rings. The van der Waals surface area contributed by atoms with Crippen LogP contribution in [-0.2, 0) is 4.79 Å². The number of carbonyl (C=O) groups excluding carboxylic acids is 1. The summed E-state index contributed by atoms with van der Waals surface area (Å²) in [5.41, 5.74) is 2.50. The van der Waals surface area contributed by atoms with Crippen molar-refractivity contribution in [1.82, 2.24) is 4.98 Å². The maximum absolute atomic E-state index is 11.3. The van der Waals surface area contributed by atoms with Crippen molar-refractivity contribution in [2.45, 2.75) is 32.1 Å². The third-order valence-corrected chi connectivity index (χ3v) is 4.36. The molecular formula is C16H19NO. The number of aldehydes is 1. The Balaban J connectivity index is 2.00. The second-order valence-electron chi connectivity index (χ2n) is 5.61. The van der Waals surface area contributed by atoms with E-state index in [1.165, 1.54) is 29.2 Å². The number of para-hydroxylation sites is 1. The molecule has 1 aromatic carbocycles. The number of nitrogens with one attached hydrogen (secondary N) is 1. The van der Waals surface area contributed by atoms with Gasteiger partial charge in [-0.3, -0.25) is 0 Å². The Hall–Kier alpha value is -1.57. The van der Waals surface area contributed by atoms with Gasteiger partial charge in [-0.1, -0.05) is 31.5 Å². The van der Waals surface area contributed by atoms with Gasteiger partial charge < -0.3 is 9.78 Å². The Bertz CT molecular complexity index is 557. The topological polar surface area (TPSA) is 32.9 Å². The fraction of sp³-hybridized carbons (Fsp3) is 0.438. The molecule has 0 saturated heterocycles. The number of H-pyrrole nitrogens is 1. The standard InChI is InChI=1S/C16H19NO/c1-11-6-7-13(12(8-11)10-18)15-9-17-16-5-3-2-4-14(15)16/h2-5,9-13,17H,6-8H2,1H3. The molecule has 18 heavy (non-hydrogen) atoms. The maximum Gasteiger partial charge on any atom is 0.123 e. The fourth-order valence-electron chi connectivity index (χ4n) is 3.36. The first-order valence-electron chi connectivity index (χ1n) is 6.81. The Morgan fingerprint density at radius 1 is 1.28 bits per heavy atom. The van der Waals surface area contributed by atoms with Crippen molar-refractivity contribution < 1.29 is 4.79 Å². The third kappa shape index (κ3) is 1.86. The Morgan fingerprint density at radius 2 is 2.11 bits per heavy atom.